The number of methoxy groups -OCH3 is 1. The minimum atomic E-state index is 0.638. The van der Waals surface area contributed by atoms with Crippen molar-refractivity contribution in [2.45, 2.75) is 33.6 Å². The lowest BCUT2D eigenvalue weighted by Crippen LogP contribution is -2.37. The van der Waals surface area contributed by atoms with Crippen molar-refractivity contribution >= 4 is 5.96 Å². The quantitative estimate of drug-likeness (QED) is 0.418. The summed E-state index contributed by atoms with van der Waals surface area (Å²) in [5, 5.41) is 6.45. The number of ether oxygens (including phenoxy) is 2. The molecule has 5 heteroatoms. The first kappa shape index (κ1) is 18.1. The Hall–Kier alpha value is -1.91. The van der Waals surface area contributed by atoms with Crippen LogP contribution in [0.2, 0.25) is 0 Å². The number of hydrogen-bond donors (Lipinski definition) is 2. The molecular formula is C17H29N3O2. The summed E-state index contributed by atoms with van der Waals surface area (Å²) in [7, 11) is 1.66. The van der Waals surface area contributed by atoms with Crippen LogP contribution in [0.4, 0.5) is 0 Å². The molecule has 1 aromatic rings. The van der Waals surface area contributed by atoms with Crippen molar-refractivity contribution < 1.29 is 9.47 Å². The van der Waals surface area contributed by atoms with Crippen molar-refractivity contribution in [1.29, 1.82) is 0 Å². The number of benzene rings is 1. The molecule has 0 aliphatic heterocycles. The number of nitrogens with one attached hydrogen (secondary N) is 2. The van der Waals surface area contributed by atoms with Gasteiger partial charge in [-0.05, 0) is 51.3 Å². The maximum Gasteiger partial charge on any atom is 0.191 e. The van der Waals surface area contributed by atoms with E-state index in [-0.39, 0.29) is 0 Å². The molecule has 0 aromatic heterocycles. The monoisotopic (exact) mass is 307 g/mol. The molecule has 0 amide bonds. The predicted octanol–water partition coefficient (Wildman–Crippen LogP) is 2.60. The second-order valence-corrected chi connectivity index (χ2v) is 4.81. The second kappa shape index (κ2) is 10.8. The highest BCUT2D eigenvalue weighted by Gasteiger charge is 2.05. The molecule has 0 heterocycles. The molecule has 0 saturated carbocycles. The van der Waals surface area contributed by atoms with Gasteiger partial charge in [0.1, 0.15) is 0 Å². The lowest BCUT2D eigenvalue weighted by atomic mass is 10.1. The summed E-state index contributed by atoms with van der Waals surface area (Å²) >= 11 is 0. The summed E-state index contributed by atoms with van der Waals surface area (Å²) < 4.78 is 10.9. The lowest BCUT2D eigenvalue weighted by Gasteiger charge is -2.11. The molecule has 22 heavy (non-hydrogen) atoms. The summed E-state index contributed by atoms with van der Waals surface area (Å²) in [6.45, 7) is 9.30. The fourth-order valence-electron chi connectivity index (χ4n) is 2.13. The predicted molar refractivity (Wildman–Crippen MR) is 92.1 cm³/mol. The summed E-state index contributed by atoms with van der Waals surface area (Å²) in [4.78, 5) is 4.55. The Morgan fingerprint density at radius 1 is 1.09 bits per heavy atom. The summed E-state index contributed by atoms with van der Waals surface area (Å²) in [6, 6.07) is 6.11. The van der Waals surface area contributed by atoms with E-state index in [9.17, 15) is 0 Å². The average Bonchev–Trinajstić information content (AvgIpc) is 2.52. The van der Waals surface area contributed by atoms with Crippen molar-refractivity contribution in [3.63, 3.8) is 0 Å². The van der Waals surface area contributed by atoms with Gasteiger partial charge in [0.15, 0.2) is 17.5 Å². The first-order chi connectivity index (χ1) is 10.7. The molecule has 124 valence electrons. The minimum absolute atomic E-state index is 0.638. The van der Waals surface area contributed by atoms with E-state index in [0.29, 0.717) is 6.61 Å². The Balaban J connectivity index is 2.53. The first-order valence-electron chi connectivity index (χ1n) is 8.07. The fourth-order valence-corrected chi connectivity index (χ4v) is 2.13. The molecule has 1 rings (SSSR count). The van der Waals surface area contributed by atoms with E-state index < -0.39 is 0 Å². The summed E-state index contributed by atoms with van der Waals surface area (Å²) in [5.41, 5.74) is 1.24. The number of rotatable bonds is 9. The third-order valence-corrected chi connectivity index (χ3v) is 3.11. The van der Waals surface area contributed by atoms with Gasteiger partial charge in [0.05, 0.1) is 13.7 Å². The van der Waals surface area contributed by atoms with Gasteiger partial charge >= 0.3 is 0 Å². The van der Waals surface area contributed by atoms with Crippen LogP contribution >= 0.6 is 0 Å². The highest BCUT2D eigenvalue weighted by molar-refractivity contribution is 5.79. The van der Waals surface area contributed by atoms with E-state index in [1.807, 2.05) is 13.0 Å². The number of aliphatic imine (C=N–C) groups is 1. The topological polar surface area (TPSA) is 54.9 Å². The Morgan fingerprint density at radius 2 is 1.82 bits per heavy atom. The zero-order valence-corrected chi connectivity index (χ0v) is 14.2. The molecule has 1 aromatic carbocycles. The molecule has 0 aliphatic carbocycles. The van der Waals surface area contributed by atoms with Gasteiger partial charge in [-0.25, -0.2) is 0 Å². The highest BCUT2D eigenvalue weighted by Crippen LogP contribution is 2.28. The summed E-state index contributed by atoms with van der Waals surface area (Å²) in [6.07, 6.45) is 1.97. The second-order valence-electron chi connectivity index (χ2n) is 4.81. The smallest absolute Gasteiger partial charge is 0.191 e. The molecule has 0 bridgehead atoms. The zero-order valence-electron chi connectivity index (χ0n) is 14.2. The molecule has 2 N–H and O–H groups in total. The van der Waals surface area contributed by atoms with Crippen molar-refractivity contribution in [1.82, 2.24) is 10.6 Å². The van der Waals surface area contributed by atoms with Crippen LogP contribution in [0.3, 0.4) is 0 Å². The molecule has 0 unspecified atom stereocenters. The first-order valence-corrected chi connectivity index (χ1v) is 8.07. The molecule has 0 saturated heterocycles. The van der Waals surface area contributed by atoms with Gasteiger partial charge in [-0.1, -0.05) is 6.07 Å². The third-order valence-electron chi connectivity index (χ3n) is 3.11. The van der Waals surface area contributed by atoms with Crippen LogP contribution in [0.5, 0.6) is 11.5 Å². The number of guanidine groups is 1. The standard InChI is InChI=1S/C17H29N3O2/c1-5-18-17(19-6-2)20-12-8-9-14-10-11-15(21-4)16(13-14)22-7-3/h10-11,13H,5-9,12H2,1-4H3,(H2,18,19,20). The van der Waals surface area contributed by atoms with Gasteiger partial charge in [-0.15, -0.1) is 0 Å². The van der Waals surface area contributed by atoms with Gasteiger partial charge in [-0.2, -0.15) is 0 Å². The SMILES string of the molecule is CCNC(=NCCCc1ccc(OC)c(OCC)c1)NCC. The van der Waals surface area contributed by atoms with Gasteiger partial charge in [0.2, 0.25) is 0 Å². The maximum atomic E-state index is 5.60. The van der Waals surface area contributed by atoms with Crippen LogP contribution < -0.4 is 20.1 Å². The van der Waals surface area contributed by atoms with Crippen LogP contribution in [-0.4, -0.2) is 39.3 Å². The van der Waals surface area contributed by atoms with Crippen LogP contribution in [-0.2, 0) is 6.42 Å². The van der Waals surface area contributed by atoms with E-state index in [1.54, 1.807) is 7.11 Å². The van der Waals surface area contributed by atoms with E-state index >= 15 is 0 Å². The Bertz CT molecular complexity index is 453. The van der Waals surface area contributed by atoms with Crippen molar-refractivity contribution in [2.24, 2.45) is 4.99 Å². The Kier molecular flexibility index (Phi) is 8.88. The maximum absolute atomic E-state index is 5.60. The number of nitrogens with zero attached hydrogens (tertiary/aromatic N) is 1. The molecule has 0 atom stereocenters. The van der Waals surface area contributed by atoms with Gasteiger partial charge in [0, 0.05) is 19.6 Å². The zero-order chi connectivity index (χ0) is 16.2. The van der Waals surface area contributed by atoms with Crippen LogP contribution in [0.15, 0.2) is 23.2 Å². The van der Waals surface area contributed by atoms with E-state index in [4.69, 9.17) is 9.47 Å². The summed E-state index contributed by atoms with van der Waals surface area (Å²) in [5.74, 6) is 2.48. The number of aryl methyl sites for hydroxylation is 1. The minimum Gasteiger partial charge on any atom is -0.493 e. The lowest BCUT2D eigenvalue weighted by molar-refractivity contribution is 0.310. The third kappa shape index (κ3) is 6.24. The van der Waals surface area contributed by atoms with Crippen LogP contribution in [0.25, 0.3) is 0 Å². The molecule has 0 spiro atoms. The molecule has 0 radical (unpaired) electrons. The Morgan fingerprint density at radius 3 is 2.41 bits per heavy atom. The van der Waals surface area contributed by atoms with E-state index in [1.165, 1.54) is 5.56 Å². The van der Waals surface area contributed by atoms with Crippen LogP contribution in [0, 0.1) is 0 Å². The molecule has 0 aliphatic rings. The van der Waals surface area contributed by atoms with E-state index in [0.717, 1.165) is 49.9 Å². The normalized spacial score (nSPS) is 10.0. The molecule has 0 fully saturated rings. The largest absolute Gasteiger partial charge is 0.493 e. The van der Waals surface area contributed by atoms with Gasteiger partial charge < -0.3 is 20.1 Å². The molecular weight excluding hydrogens is 278 g/mol. The Labute approximate surface area is 134 Å². The fraction of sp³-hybridized carbons (Fsp3) is 0.588. The van der Waals surface area contributed by atoms with E-state index in [2.05, 4.69) is 41.6 Å². The van der Waals surface area contributed by atoms with Gasteiger partial charge in [0.25, 0.3) is 0 Å². The average molecular weight is 307 g/mol. The highest BCUT2D eigenvalue weighted by atomic mass is 16.5. The van der Waals surface area contributed by atoms with Crippen LogP contribution in [0.1, 0.15) is 32.8 Å². The number of hydrogen-bond acceptors (Lipinski definition) is 3. The van der Waals surface area contributed by atoms with Crippen molar-refractivity contribution in [2.75, 3.05) is 33.4 Å². The van der Waals surface area contributed by atoms with Crippen molar-refractivity contribution in [3.05, 3.63) is 23.8 Å². The van der Waals surface area contributed by atoms with Gasteiger partial charge in [-0.3, -0.25) is 4.99 Å². The molecule has 5 nitrogen and oxygen atoms in total. The van der Waals surface area contributed by atoms with Crippen molar-refractivity contribution in [3.8, 4) is 11.5 Å².